The third-order valence-corrected chi connectivity index (χ3v) is 4.65. The summed E-state index contributed by atoms with van der Waals surface area (Å²) in [5, 5.41) is 8.21. The van der Waals surface area contributed by atoms with E-state index < -0.39 is 17.8 Å². The fourth-order valence-corrected chi connectivity index (χ4v) is 3.62. The summed E-state index contributed by atoms with van der Waals surface area (Å²) in [6.45, 7) is 4.01. The molecular weight excluding hydrogens is 306 g/mol. The number of carbonyl (C=O) groups excluding carboxylic acids is 2. The van der Waals surface area contributed by atoms with Gasteiger partial charge in [0.15, 0.2) is 5.78 Å². The van der Waals surface area contributed by atoms with Crippen molar-refractivity contribution in [3.05, 3.63) is 47.2 Å². The zero-order chi connectivity index (χ0) is 17.5. The Morgan fingerprint density at radius 2 is 1.92 bits per heavy atom. The van der Waals surface area contributed by atoms with E-state index >= 15 is 0 Å². The molecule has 5 heteroatoms. The summed E-state index contributed by atoms with van der Waals surface area (Å²) in [5.74, 6) is -1.66. The van der Waals surface area contributed by atoms with E-state index in [1.165, 1.54) is 7.11 Å². The van der Waals surface area contributed by atoms with Gasteiger partial charge in [-0.15, -0.1) is 0 Å². The summed E-state index contributed by atoms with van der Waals surface area (Å²) in [6.07, 6.45) is 0.980. The van der Waals surface area contributed by atoms with Crippen molar-refractivity contribution in [2.24, 2.45) is 11.3 Å². The molecule has 0 saturated carbocycles. The molecule has 0 fully saturated rings. The zero-order valence-electron chi connectivity index (χ0n) is 14.1. The van der Waals surface area contributed by atoms with Gasteiger partial charge in [0.1, 0.15) is 11.7 Å². The predicted molar refractivity (Wildman–Crippen MR) is 88.5 cm³/mol. The molecule has 126 valence electrons. The van der Waals surface area contributed by atoms with E-state index in [9.17, 15) is 9.59 Å². The van der Waals surface area contributed by atoms with Gasteiger partial charge in [-0.2, -0.15) is 0 Å². The Morgan fingerprint density at radius 3 is 2.54 bits per heavy atom. The average molecular weight is 327 g/mol. The number of carbonyl (C=O) groups is 2. The Morgan fingerprint density at radius 1 is 1.25 bits per heavy atom. The van der Waals surface area contributed by atoms with Gasteiger partial charge in [-0.3, -0.25) is 15.0 Å². The largest absolute Gasteiger partial charge is 0.468 e. The normalized spacial score (nSPS) is 25.8. The summed E-state index contributed by atoms with van der Waals surface area (Å²) in [5.41, 5.74) is 1.13. The number of hydrogen-bond acceptors (Lipinski definition) is 5. The minimum atomic E-state index is -0.929. The van der Waals surface area contributed by atoms with Crippen molar-refractivity contribution in [1.29, 1.82) is 5.41 Å². The highest BCUT2D eigenvalue weighted by Gasteiger charge is 2.48. The van der Waals surface area contributed by atoms with Gasteiger partial charge < -0.3 is 9.47 Å². The van der Waals surface area contributed by atoms with Crippen molar-refractivity contribution in [3.63, 3.8) is 0 Å². The minimum absolute atomic E-state index is 0.0171. The number of hydrogen-bond donors (Lipinski definition) is 1. The van der Waals surface area contributed by atoms with Gasteiger partial charge in [0.2, 0.25) is 5.90 Å². The molecule has 24 heavy (non-hydrogen) atoms. The smallest absolute Gasteiger partial charge is 0.319 e. The number of Topliss-reactive ketones (excluding diaryl/α,β-unsaturated/α-hetero) is 1. The molecule has 1 aliphatic heterocycles. The molecule has 0 amide bonds. The van der Waals surface area contributed by atoms with Crippen LogP contribution < -0.4 is 0 Å². The van der Waals surface area contributed by atoms with Crippen LogP contribution in [-0.4, -0.2) is 24.8 Å². The second-order valence-corrected chi connectivity index (χ2v) is 7.13. The summed E-state index contributed by atoms with van der Waals surface area (Å²) in [6, 6.07) is 9.34. The number of rotatable bonds is 2. The van der Waals surface area contributed by atoms with Crippen LogP contribution in [0.2, 0.25) is 0 Å². The maximum Gasteiger partial charge on any atom is 0.319 e. The molecule has 1 N–H and O–H groups in total. The lowest BCUT2D eigenvalue weighted by Crippen LogP contribution is -2.42. The second kappa shape index (κ2) is 5.89. The van der Waals surface area contributed by atoms with Crippen LogP contribution in [0.1, 0.15) is 38.2 Å². The van der Waals surface area contributed by atoms with Crippen LogP contribution in [0.15, 0.2) is 41.7 Å². The molecule has 0 spiro atoms. The third-order valence-electron chi connectivity index (χ3n) is 4.65. The molecule has 1 aromatic carbocycles. The molecule has 5 nitrogen and oxygen atoms in total. The number of benzene rings is 1. The predicted octanol–water partition coefficient (Wildman–Crippen LogP) is 3.21. The highest BCUT2D eigenvalue weighted by Crippen LogP contribution is 2.48. The Labute approximate surface area is 141 Å². The van der Waals surface area contributed by atoms with Crippen molar-refractivity contribution in [3.8, 4) is 0 Å². The fourth-order valence-electron chi connectivity index (χ4n) is 3.62. The first-order chi connectivity index (χ1) is 11.3. The quantitative estimate of drug-likeness (QED) is 0.846. The van der Waals surface area contributed by atoms with Crippen LogP contribution in [-0.2, 0) is 19.1 Å². The van der Waals surface area contributed by atoms with Gasteiger partial charge in [0, 0.05) is 24.3 Å². The molecule has 3 rings (SSSR count). The van der Waals surface area contributed by atoms with Crippen molar-refractivity contribution >= 4 is 17.7 Å². The van der Waals surface area contributed by atoms with Crippen molar-refractivity contribution in [2.45, 2.75) is 32.6 Å². The average Bonchev–Trinajstić information content (AvgIpc) is 2.52. The van der Waals surface area contributed by atoms with Gasteiger partial charge in [0.25, 0.3) is 0 Å². The lowest BCUT2D eigenvalue weighted by atomic mass is 9.68. The molecule has 2 aliphatic rings. The molecule has 0 bridgehead atoms. The Balaban J connectivity index is 2.18. The van der Waals surface area contributed by atoms with E-state index in [1.807, 2.05) is 44.2 Å². The lowest BCUT2D eigenvalue weighted by molar-refractivity contribution is -0.144. The Bertz CT molecular complexity index is 733. The molecule has 2 atom stereocenters. The van der Waals surface area contributed by atoms with E-state index in [-0.39, 0.29) is 17.1 Å². The minimum Gasteiger partial charge on any atom is -0.468 e. The van der Waals surface area contributed by atoms with Gasteiger partial charge >= 0.3 is 5.97 Å². The summed E-state index contributed by atoms with van der Waals surface area (Å²) in [7, 11) is 1.29. The molecule has 1 aromatic rings. The van der Waals surface area contributed by atoms with Crippen LogP contribution in [0.3, 0.4) is 0 Å². The maximum absolute atomic E-state index is 12.8. The Kier molecular flexibility index (Phi) is 4.03. The molecule has 0 aromatic heterocycles. The number of allylic oxidation sites excluding steroid dienone is 2. The van der Waals surface area contributed by atoms with Gasteiger partial charge in [-0.05, 0) is 11.0 Å². The second-order valence-electron chi connectivity index (χ2n) is 7.13. The Hall–Kier alpha value is -2.43. The third kappa shape index (κ3) is 2.75. The molecule has 2 unspecified atom stereocenters. The number of ether oxygens (including phenoxy) is 2. The van der Waals surface area contributed by atoms with Crippen LogP contribution in [0.4, 0.5) is 0 Å². The molecular formula is C19H21NO4. The van der Waals surface area contributed by atoms with Crippen LogP contribution in [0.5, 0.6) is 0 Å². The SMILES string of the molecule is COC(=O)C1C(=N)OC2=C(C(=O)CC(C)(C)C2)C1c1ccccc1. The first-order valence-corrected chi connectivity index (χ1v) is 7.99. The molecule has 0 saturated heterocycles. The van der Waals surface area contributed by atoms with Crippen molar-refractivity contribution in [2.75, 3.05) is 7.11 Å². The first kappa shape index (κ1) is 16.4. The van der Waals surface area contributed by atoms with Gasteiger partial charge in [-0.1, -0.05) is 44.2 Å². The molecule has 1 aliphatic carbocycles. The van der Waals surface area contributed by atoms with Crippen LogP contribution >= 0.6 is 0 Å². The van der Waals surface area contributed by atoms with E-state index in [1.54, 1.807) is 0 Å². The van der Waals surface area contributed by atoms with Crippen LogP contribution in [0, 0.1) is 16.7 Å². The lowest BCUT2D eigenvalue weighted by Gasteiger charge is -2.40. The highest BCUT2D eigenvalue weighted by molar-refractivity contribution is 6.06. The van der Waals surface area contributed by atoms with Gasteiger partial charge in [0.05, 0.1) is 7.11 Å². The first-order valence-electron chi connectivity index (χ1n) is 7.99. The van der Waals surface area contributed by atoms with Crippen molar-refractivity contribution in [1.82, 2.24) is 0 Å². The number of ketones is 1. The van der Waals surface area contributed by atoms with E-state index in [0.717, 1.165) is 5.56 Å². The van der Waals surface area contributed by atoms with Crippen LogP contribution in [0.25, 0.3) is 0 Å². The fraction of sp³-hybridized carbons (Fsp3) is 0.421. The molecule has 0 radical (unpaired) electrons. The highest BCUT2D eigenvalue weighted by atomic mass is 16.5. The monoisotopic (exact) mass is 327 g/mol. The number of nitrogens with one attached hydrogen (secondary N) is 1. The van der Waals surface area contributed by atoms with Gasteiger partial charge in [-0.25, -0.2) is 0 Å². The maximum atomic E-state index is 12.8. The summed E-state index contributed by atoms with van der Waals surface area (Å²) in [4.78, 5) is 25.1. The van der Waals surface area contributed by atoms with Crippen molar-refractivity contribution < 1.29 is 19.1 Å². The number of methoxy groups -OCH3 is 1. The van der Waals surface area contributed by atoms with E-state index in [2.05, 4.69) is 0 Å². The number of esters is 1. The summed E-state index contributed by atoms with van der Waals surface area (Å²) < 4.78 is 10.5. The van der Waals surface area contributed by atoms with E-state index in [0.29, 0.717) is 24.2 Å². The zero-order valence-corrected chi connectivity index (χ0v) is 14.1. The van der Waals surface area contributed by atoms with E-state index in [4.69, 9.17) is 14.9 Å². The standard InChI is InChI=1S/C19H21NO4/c1-19(2)9-12(21)15-13(10-19)24-17(20)16(18(22)23-3)14(15)11-7-5-4-6-8-11/h4-8,14,16,20H,9-10H2,1-3H3. The summed E-state index contributed by atoms with van der Waals surface area (Å²) >= 11 is 0. The molecule has 1 heterocycles. The topological polar surface area (TPSA) is 76.5 Å².